The quantitative estimate of drug-likeness (QED) is 0.931. The minimum Gasteiger partial charge on any atom is -0.386 e. The monoisotopic (exact) mass is 270 g/mol. The van der Waals surface area contributed by atoms with Crippen molar-refractivity contribution >= 4 is 0 Å². The molecule has 1 unspecified atom stereocenters. The van der Waals surface area contributed by atoms with Gasteiger partial charge in [0, 0.05) is 19.7 Å². The molecule has 3 nitrogen and oxygen atoms in total. The zero-order valence-electron chi connectivity index (χ0n) is 10.2. The first kappa shape index (κ1) is 13.6. The summed E-state index contributed by atoms with van der Waals surface area (Å²) in [7, 11) is 1.71. The molecule has 1 aromatic heterocycles. The summed E-state index contributed by atoms with van der Waals surface area (Å²) < 4.78 is 39.2. The number of alkyl halides is 3. The van der Waals surface area contributed by atoms with Crippen LogP contribution < -0.4 is 0 Å². The van der Waals surface area contributed by atoms with E-state index in [-0.39, 0.29) is 6.42 Å². The smallest absolute Gasteiger partial charge is 0.386 e. The average molecular weight is 270 g/mol. The van der Waals surface area contributed by atoms with Crippen LogP contribution in [0.4, 0.5) is 13.2 Å². The Bertz CT molecular complexity index is 563. The molecule has 0 aliphatic carbocycles. The van der Waals surface area contributed by atoms with E-state index in [1.165, 1.54) is 10.7 Å². The molecule has 6 heteroatoms. The third-order valence-corrected chi connectivity index (χ3v) is 2.76. The van der Waals surface area contributed by atoms with Crippen molar-refractivity contribution in [2.24, 2.45) is 7.05 Å². The molecule has 2 aromatic rings. The van der Waals surface area contributed by atoms with Crippen molar-refractivity contribution in [1.82, 2.24) is 9.78 Å². The first-order valence-electron chi connectivity index (χ1n) is 5.70. The lowest BCUT2D eigenvalue weighted by molar-refractivity contribution is -0.137. The van der Waals surface area contributed by atoms with E-state index in [0.29, 0.717) is 11.3 Å². The van der Waals surface area contributed by atoms with Gasteiger partial charge < -0.3 is 5.11 Å². The second kappa shape index (κ2) is 5.05. The minimum absolute atomic E-state index is 0.0981. The fourth-order valence-electron chi connectivity index (χ4n) is 1.81. The Labute approximate surface area is 108 Å². The van der Waals surface area contributed by atoms with Crippen molar-refractivity contribution < 1.29 is 18.3 Å². The van der Waals surface area contributed by atoms with E-state index in [4.69, 9.17) is 0 Å². The van der Waals surface area contributed by atoms with Gasteiger partial charge in [0.1, 0.15) is 6.10 Å². The molecule has 2 rings (SSSR count). The van der Waals surface area contributed by atoms with Crippen LogP contribution in [-0.4, -0.2) is 14.9 Å². The molecule has 0 aliphatic rings. The SMILES string of the molecule is Cn1ccc(C(O)Cc2cccc(C(F)(F)F)c2)n1. The second-order valence-electron chi connectivity index (χ2n) is 4.33. The number of aromatic nitrogens is 2. The number of nitrogens with zero attached hydrogens (tertiary/aromatic N) is 2. The predicted octanol–water partition coefficient (Wildman–Crippen LogP) is 2.72. The summed E-state index contributed by atoms with van der Waals surface area (Å²) in [5.74, 6) is 0. The maximum absolute atomic E-state index is 12.6. The third-order valence-electron chi connectivity index (χ3n) is 2.76. The van der Waals surface area contributed by atoms with Crippen LogP contribution in [0.25, 0.3) is 0 Å². The van der Waals surface area contributed by atoms with E-state index in [1.54, 1.807) is 25.4 Å². The van der Waals surface area contributed by atoms with Gasteiger partial charge in [0.25, 0.3) is 0 Å². The summed E-state index contributed by atoms with van der Waals surface area (Å²) in [5, 5.41) is 13.9. The largest absolute Gasteiger partial charge is 0.416 e. The van der Waals surface area contributed by atoms with E-state index in [0.717, 1.165) is 12.1 Å². The lowest BCUT2D eigenvalue weighted by Crippen LogP contribution is -2.07. The maximum Gasteiger partial charge on any atom is 0.416 e. The number of hydrogen-bond donors (Lipinski definition) is 1. The number of rotatable bonds is 3. The topological polar surface area (TPSA) is 38.0 Å². The number of benzene rings is 1. The molecule has 0 amide bonds. The van der Waals surface area contributed by atoms with Crippen LogP contribution >= 0.6 is 0 Å². The van der Waals surface area contributed by atoms with Gasteiger partial charge in [-0.25, -0.2) is 0 Å². The summed E-state index contributed by atoms with van der Waals surface area (Å²) in [4.78, 5) is 0. The molecular weight excluding hydrogens is 257 g/mol. The van der Waals surface area contributed by atoms with E-state index in [9.17, 15) is 18.3 Å². The van der Waals surface area contributed by atoms with Gasteiger partial charge in [-0.3, -0.25) is 4.68 Å². The highest BCUT2D eigenvalue weighted by molar-refractivity contribution is 5.26. The van der Waals surface area contributed by atoms with E-state index in [2.05, 4.69) is 5.10 Å². The molecule has 19 heavy (non-hydrogen) atoms. The Kier molecular flexibility index (Phi) is 3.61. The summed E-state index contributed by atoms with van der Waals surface area (Å²) in [6.45, 7) is 0. The van der Waals surface area contributed by atoms with Gasteiger partial charge >= 0.3 is 6.18 Å². The number of halogens is 3. The Balaban J connectivity index is 2.15. The van der Waals surface area contributed by atoms with Gasteiger partial charge in [-0.05, 0) is 17.7 Å². The van der Waals surface area contributed by atoms with E-state index in [1.807, 2.05) is 0 Å². The normalized spacial score (nSPS) is 13.5. The van der Waals surface area contributed by atoms with Crippen molar-refractivity contribution in [1.29, 1.82) is 0 Å². The molecule has 0 saturated heterocycles. The standard InChI is InChI=1S/C13H13F3N2O/c1-18-6-5-11(17-18)12(19)8-9-3-2-4-10(7-9)13(14,15)16/h2-7,12,19H,8H2,1H3. The van der Waals surface area contributed by atoms with Crippen molar-refractivity contribution in [3.8, 4) is 0 Å². The molecular formula is C13H13F3N2O. The zero-order chi connectivity index (χ0) is 14.0. The van der Waals surface area contributed by atoms with Crippen LogP contribution in [0.5, 0.6) is 0 Å². The fourth-order valence-corrected chi connectivity index (χ4v) is 1.81. The number of aryl methyl sites for hydroxylation is 1. The van der Waals surface area contributed by atoms with E-state index >= 15 is 0 Å². The van der Waals surface area contributed by atoms with Crippen LogP contribution in [0.15, 0.2) is 36.5 Å². The molecule has 1 atom stereocenters. The highest BCUT2D eigenvalue weighted by Gasteiger charge is 2.30. The summed E-state index contributed by atoms with van der Waals surface area (Å²) in [6.07, 6.45) is -3.51. The molecule has 1 heterocycles. The minimum atomic E-state index is -4.37. The number of hydrogen-bond acceptors (Lipinski definition) is 2. The fraction of sp³-hybridized carbons (Fsp3) is 0.308. The predicted molar refractivity (Wildman–Crippen MR) is 63.3 cm³/mol. The van der Waals surface area contributed by atoms with E-state index < -0.39 is 17.8 Å². The maximum atomic E-state index is 12.6. The van der Waals surface area contributed by atoms with Crippen molar-refractivity contribution in [3.05, 3.63) is 53.3 Å². The lowest BCUT2D eigenvalue weighted by atomic mass is 10.0. The average Bonchev–Trinajstić information content (AvgIpc) is 2.75. The molecule has 102 valence electrons. The first-order valence-corrected chi connectivity index (χ1v) is 5.70. The zero-order valence-corrected chi connectivity index (χ0v) is 10.2. The Morgan fingerprint density at radius 3 is 2.63 bits per heavy atom. The Morgan fingerprint density at radius 2 is 2.05 bits per heavy atom. The van der Waals surface area contributed by atoms with Gasteiger partial charge in [0.05, 0.1) is 11.3 Å². The van der Waals surface area contributed by atoms with Gasteiger partial charge in [0.15, 0.2) is 0 Å². The van der Waals surface area contributed by atoms with Crippen molar-refractivity contribution in [2.75, 3.05) is 0 Å². The van der Waals surface area contributed by atoms with Gasteiger partial charge in [-0.2, -0.15) is 18.3 Å². The molecule has 0 fully saturated rings. The molecule has 0 spiro atoms. The molecule has 1 aromatic carbocycles. The summed E-state index contributed by atoms with van der Waals surface area (Å²) in [5.41, 5.74) is 0.158. The molecule has 0 bridgehead atoms. The molecule has 1 N–H and O–H groups in total. The van der Waals surface area contributed by atoms with Crippen molar-refractivity contribution in [2.45, 2.75) is 18.7 Å². The summed E-state index contributed by atoms with van der Waals surface area (Å²) in [6, 6.07) is 6.59. The first-order chi connectivity index (χ1) is 8.86. The highest BCUT2D eigenvalue weighted by Crippen LogP contribution is 2.30. The lowest BCUT2D eigenvalue weighted by Gasteiger charge is -2.11. The molecule has 0 aliphatic heterocycles. The van der Waals surface area contributed by atoms with Crippen LogP contribution in [-0.2, 0) is 19.6 Å². The molecule has 0 radical (unpaired) electrons. The van der Waals surface area contributed by atoms with Crippen LogP contribution in [0.2, 0.25) is 0 Å². The Hall–Kier alpha value is -1.82. The van der Waals surface area contributed by atoms with Gasteiger partial charge in [0.2, 0.25) is 0 Å². The summed E-state index contributed by atoms with van der Waals surface area (Å²) >= 11 is 0. The second-order valence-corrected chi connectivity index (χ2v) is 4.33. The van der Waals surface area contributed by atoms with Gasteiger partial charge in [-0.15, -0.1) is 0 Å². The van der Waals surface area contributed by atoms with Crippen LogP contribution in [0, 0.1) is 0 Å². The molecule has 0 saturated carbocycles. The Morgan fingerprint density at radius 1 is 1.32 bits per heavy atom. The third kappa shape index (κ3) is 3.35. The van der Waals surface area contributed by atoms with Crippen molar-refractivity contribution in [3.63, 3.8) is 0 Å². The highest BCUT2D eigenvalue weighted by atomic mass is 19.4. The number of aliphatic hydroxyl groups excluding tert-OH is 1. The van der Waals surface area contributed by atoms with Gasteiger partial charge in [-0.1, -0.05) is 18.2 Å². The number of aliphatic hydroxyl groups is 1. The van der Waals surface area contributed by atoms with Crippen LogP contribution in [0.1, 0.15) is 22.9 Å². The van der Waals surface area contributed by atoms with Crippen LogP contribution in [0.3, 0.4) is 0 Å².